The second kappa shape index (κ2) is 5.22. The fraction of sp³-hybridized carbons (Fsp3) is 0.667. The van der Waals surface area contributed by atoms with Gasteiger partial charge in [-0.05, 0) is 26.0 Å². The first-order valence-corrected chi connectivity index (χ1v) is 7.49. The van der Waals surface area contributed by atoms with Gasteiger partial charge in [-0.3, -0.25) is 9.48 Å². The molecule has 1 amide bonds. The zero-order chi connectivity index (χ0) is 13.2. The third-order valence-electron chi connectivity index (χ3n) is 3.65. The molecule has 0 bridgehead atoms. The van der Waals surface area contributed by atoms with Crippen molar-refractivity contribution in [2.24, 2.45) is 0 Å². The van der Waals surface area contributed by atoms with Gasteiger partial charge in [0.1, 0.15) is 5.69 Å². The second-order valence-corrected chi connectivity index (χ2v) is 5.96. The minimum absolute atomic E-state index is 0.118. The number of amides is 1. The second-order valence-electron chi connectivity index (χ2n) is 4.69. The molecule has 1 aromatic heterocycles. The van der Waals surface area contributed by atoms with Gasteiger partial charge in [0.15, 0.2) is 0 Å². The van der Waals surface area contributed by atoms with Crippen molar-refractivity contribution in [2.45, 2.75) is 37.5 Å². The lowest BCUT2D eigenvalue weighted by atomic mass is 9.84. The van der Waals surface area contributed by atoms with Crippen LogP contribution in [-0.2, 0) is 6.54 Å². The Morgan fingerprint density at radius 3 is 2.89 bits per heavy atom. The quantitative estimate of drug-likeness (QED) is 0.849. The van der Waals surface area contributed by atoms with Crippen LogP contribution in [0.3, 0.4) is 0 Å². The highest BCUT2D eigenvalue weighted by Gasteiger charge is 2.36. The van der Waals surface area contributed by atoms with Crippen molar-refractivity contribution in [3.63, 3.8) is 0 Å². The SMILES string of the molecule is CCn1ncc(N)c1C(=O)NCC1(SC)CCC1. The van der Waals surface area contributed by atoms with Crippen molar-refractivity contribution in [3.8, 4) is 0 Å². The number of nitrogens with one attached hydrogen (secondary N) is 1. The van der Waals surface area contributed by atoms with E-state index in [-0.39, 0.29) is 10.7 Å². The summed E-state index contributed by atoms with van der Waals surface area (Å²) in [6.07, 6.45) is 7.25. The van der Waals surface area contributed by atoms with Crippen LogP contribution in [0.4, 0.5) is 5.69 Å². The average Bonchev–Trinajstić information content (AvgIpc) is 2.69. The Labute approximate surface area is 111 Å². The molecule has 18 heavy (non-hydrogen) atoms. The summed E-state index contributed by atoms with van der Waals surface area (Å²) in [6, 6.07) is 0. The van der Waals surface area contributed by atoms with Crippen molar-refractivity contribution >= 4 is 23.4 Å². The fourth-order valence-electron chi connectivity index (χ4n) is 2.24. The van der Waals surface area contributed by atoms with Crippen LogP contribution in [0, 0.1) is 0 Å². The lowest BCUT2D eigenvalue weighted by Gasteiger charge is -2.40. The number of aromatic nitrogens is 2. The molecule has 0 aromatic carbocycles. The highest BCUT2D eigenvalue weighted by atomic mass is 32.2. The smallest absolute Gasteiger partial charge is 0.271 e. The Kier molecular flexibility index (Phi) is 3.85. The molecule has 0 saturated heterocycles. The van der Waals surface area contributed by atoms with Gasteiger partial charge >= 0.3 is 0 Å². The fourth-order valence-corrected chi connectivity index (χ4v) is 3.15. The summed E-state index contributed by atoms with van der Waals surface area (Å²) in [5.74, 6) is -0.118. The standard InChI is InChI=1S/C12H20N4OS/c1-3-16-10(9(13)7-15-16)11(17)14-8-12(18-2)5-4-6-12/h7H,3-6,8,13H2,1-2H3,(H,14,17). The lowest BCUT2D eigenvalue weighted by Crippen LogP contribution is -2.45. The Bertz CT molecular complexity index is 434. The normalized spacial score (nSPS) is 17.2. The Hall–Kier alpha value is -1.17. The van der Waals surface area contributed by atoms with Crippen molar-refractivity contribution < 1.29 is 4.79 Å². The molecule has 0 unspecified atom stereocenters. The van der Waals surface area contributed by atoms with Crippen LogP contribution in [0.25, 0.3) is 0 Å². The summed E-state index contributed by atoms with van der Waals surface area (Å²) in [5.41, 5.74) is 6.71. The van der Waals surface area contributed by atoms with E-state index >= 15 is 0 Å². The highest BCUT2D eigenvalue weighted by molar-refractivity contribution is 8.00. The van der Waals surface area contributed by atoms with E-state index in [0.717, 1.165) is 0 Å². The Morgan fingerprint density at radius 1 is 1.67 bits per heavy atom. The zero-order valence-corrected chi connectivity index (χ0v) is 11.7. The summed E-state index contributed by atoms with van der Waals surface area (Å²) in [6.45, 7) is 3.30. The van der Waals surface area contributed by atoms with Crippen LogP contribution in [0.2, 0.25) is 0 Å². The van der Waals surface area contributed by atoms with Crippen LogP contribution in [0.5, 0.6) is 0 Å². The van der Waals surface area contributed by atoms with Crippen molar-refractivity contribution in [2.75, 3.05) is 18.5 Å². The van der Waals surface area contributed by atoms with Crippen molar-refractivity contribution in [1.29, 1.82) is 0 Å². The van der Waals surface area contributed by atoms with E-state index in [4.69, 9.17) is 5.73 Å². The lowest BCUT2D eigenvalue weighted by molar-refractivity contribution is 0.0934. The molecule has 1 aromatic rings. The molecule has 1 saturated carbocycles. The van der Waals surface area contributed by atoms with E-state index in [9.17, 15) is 4.79 Å². The molecule has 1 aliphatic carbocycles. The van der Waals surface area contributed by atoms with Crippen LogP contribution in [-0.4, -0.2) is 33.2 Å². The third-order valence-corrected chi connectivity index (χ3v) is 5.07. The van der Waals surface area contributed by atoms with E-state index in [1.54, 1.807) is 4.68 Å². The number of rotatable bonds is 5. The molecule has 1 aliphatic rings. The molecule has 5 nitrogen and oxygen atoms in total. The Balaban J connectivity index is 2.01. The minimum atomic E-state index is -0.118. The summed E-state index contributed by atoms with van der Waals surface area (Å²) in [4.78, 5) is 12.1. The number of thioether (sulfide) groups is 1. The number of carbonyl (C=O) groups is 1. The minimum Gasteiger partial charge on any atom is -0.396 e. The van der Waals surface area contributed by atoms with Gasteiger partial charge in [0.2, 0.25) is 0 Å². The molecule has 100 valence electrons. The monoisotopic (exact) mass is 268 g/mol. The van der Waals surface area contributed by atoms with E-state index < -0.39 is 0 Å². The number of hydrogen-bond acceptors (Lipinski definition) is 4. The number of anilines is 1. The molecule has 1 fully saturated rings. The summed E-state index contributed by atoms with van der Waals surface area (Å²) < 4.78 is 1.87. The molecule has 0 atom stereocenters. The Morgan fingerprint density at radius 2 is 2.39 bits per heavy atom. The predicted octanol–water partition coefficient (Wildman–Crippen LogP) is 1.50. The third kappa shape index (κ3) is 2.34. The van der Waals surface area contributed by atoms with E-state index in [2.05, 4.69) is 16.7 Å². The molecule has 0 aliphatic heterocycles. The van der Waals surface area contributed by atoms with Gasteiger partial charge in [-0.25, -0.2) is 0 Å². The summed E-state index contributed by atoms with van der Waals surface area (Å²) in [5, 5.41) is 7.07. The van der Waals surface area contributed by atoms with Crippen LogP contribution >= 0.6 is 11.8 Å². The first-order chi connectivity index (χ1) is 8.62. The van der Waals surface area contributed by atoms with Gasteiger partial charge in [-0.15, -0.1) is 0 Å². The van der Waals surface area contributed by atoms with E-state index in [1.807, 2.05) is 18.7 Å². The molecule has 6 heteroatoms. The molecule has 2 rings (SSSR count). The van der Waals surface area contributed by atoms with Gasteiger partial charge in [-0.1, -0.05) is 6.42 Å². The first-order valence-electron chi connectivity index (χ1n) is 6.26. The highest BCUT2D eigenvalue weighted by Crippen LogP contribution is 2.42. The molecular formula is C12H20N4OS. The van der Waals surface area contributed by atoms with Gasteiger partial charge < -0.3 is 11.1 Å². The molecule has 0 spiro atoms. The average molecular weight is 268 g/mol. The molecule has 3 N–H and O–H groups in total. The molecule has 0 radical (unpaired) electrons. The maximum absolute atomic E-state index is 12.1. The van der Waals surface area contributed by atoms with Crippen LogP contribution in [0.15, 0.2) is 6.20 Å². The van der Waals surface area contributed by atoms with Crippen LogP contribution in [0.1, 0.15) is 36.7 Å². The number of aryl methyl sites for hydroxylation is 1. The summed E-state index contributed by atoms with van der Waals surface area (Å²) >= 11 is 1.84. The van der Waals surface area contributed by atoms with Crippen molar-refractivity contribution in [3.05, 3.63) is 11.9 Å². The van der Waals surface area contributed by atoms with E-state index in [0.29, 0.717) is 24.5 Å². The first kappa shape index (κ1) is 13.3. The maximum atomic E-state index is 12.1. The number of carbonyl (C=O) groups excluding carboxylic acids is 1. The van der Waals surface area contributed by atoms with E-state index in [1.165, 1.54) is 25.5 Å². The molecular weight excluding hydrogens is 248 g/mol. The van der Waals surface area contributed by atoms with Gasteiger partial charge in [0.25, 0.3) is 5.91 Å². The number of hydrogen-bond donors (Lipinski definition) is 2. The number of nitrogens with two attached hydrogens (primary N) is 1. The summed E-state index contributed by atoms with van der Waals surface area (Å²) in [7, 11) is 0. The number of nitrogen functional groups attached to an aromatic ring is 1. The maximum Gasteiger partial charge on any atom is 0.271 e. The van der Waals surface area contributed by atoms with Crippen LogP contribution < -0.4 is 11.1 Å². The molecule has 1 heterocycles. The predicted molar refractivity (Wildman–Crippen MR) is 74.7 cm³/mol. The van der Waals surface area contributed by atoms with Gasteiger partial charge in [0, 0.05) is 17.8 Å². The van der Waals surface area contributed by atoms with Gasteiger partial charge in [-0.2, -0.15) is 16.9 Å². The van der Waals surface area contributed by atoms with Gasteiger partial charge in [0.05, 0.1) is 11.9 Å². The zero-order valence-electron chi connectivity index (χ0n) is 10.9. The largest absolute Gasteiger partial charge is 0.396 e. The topological polar surface area (TPSA) is 72.9 Å². The number of nitrogens with zero attached hydrogens (tertiary/aromatic N) is 2. The van der Waals surface area contributed by atoms with Crippen molar-refractivity contribution in [1.82, 2.24) is 15.1 Å².